The van der Waals surface area contributed by atoms with Gasteiger partial charge in [0.1, 0.15) is 5.75 Å². The lowest BCUT2D eigenvalue weighted by Gasteiger charge is -2.06. The quantitative estimate of drug-likeness (QED) is 0.885. The van der Waals surface area contributed by atoms with E-state index in [-0.39, 0.29) is 0 Å². The summed E-state index contributed by atoms with van der Waals surface area (Å²) in [6.07, 6.45) is -0.352. The lowest BCUT2D eigenvalue weighted by Crippen LogP contribution is -2.23. The summed E-state index contributed by atoms with van der Waals surface area (Å²) in [7, 11) is 1.60. The van der Waals surface area contributed by atoms with Gasteiger partial charge in [0, 0.05) is 6.54 Å². The number of hydrogen-bond donors (Lipinski definition) is 2. The zero-order valence-corrected chi connectivity index (χ0v) is 9.87. The Morgan fingerprint density at radius 3 is 2.93 bits per heavy atom. The SMILES string of the molecule is COc1cc(CCNC(=O)O)ccc1Br. The first-order valence-corrected chi connectivity index (χ1v) is 5.22. The molecule has 0 saturated carbocycles. The maximum Gasteiger partial charge on any atom is 0.404 e. The molecule has 2 N–H and O–H groups in total. The Morgan fingerprint density at radius 1 is 1.60 bits per heavy atom. The molecule has 1 amide bonds. The lowest BCUT2D eigenvalue weighted by molar-refractivity contribution is 0.194. The highest BCUT2D eigenvalue weighted by Gasteiger charge is 2.02. The molecule has 0 unspecified atom stereocenters. The molecule has 0 saturated heterocycles. The smallest absolute Gasteiger partial charge is 0.404 e. The third-order valence-electron chi connectivity index (χ3n) is 1.91. The van der Waals surface area contributed by atoms with Gasteiger partial charge in [0.05, 0.1) is 11.6 Å². The van der Waals surface area contributed by atoms with Crippen LogP contribution in [0.4, 0.5) is 4.79 Å². The minimum absolute atomic E-state index is 0.403. The number of carbonyl (C=O) groups is 1. The van der Waals surface area contributed by atoms with Crippen molar-refractivity contribution < 1.29 is 14.6 Å². The molecule has 1 aromatic rings. The van der Waals surface area contributed by atoms with Gasteiger partial charge in [-0.3, -0.25) is 0 Å². The maximum absolute atomic E-state index is 10.2. The van der Waals surface area contributed by atoms with Crippen LogP contribution in [0.25, 0.3) is 0 Å². The van der Waals surface area contributed by atoms with Gasteiger partial charge in [-0.05, 0) is 40.0 Å². The van der Waals surface area contributed by atoms with E-state index in [2.05, 4.69) is 21.2 Å². The Balaban J connectivity index is 2.58. The number of halogens is 1. The van der Waals surface area contributed by atoms with Crippen LogP contribution in [-0.2, 0) is 6.42 Å². The maximum atomic E-state index is 10.2. The fourth-order valence-corrected chi connectivity index (χ4v) is 1.58. The lowest BCUT2D eigenvalue weighted by atomic mass is 10.1. The first kappa shape index (κ1) is 11.8. The van der Waals surface area contributed by atoms with E-state index >= 15 is 0 Å². The molecule has 0 aromatic heterocycles. The van der Waals surface area contributed by atoms with Crippen LogP contribution < -0.4 is 10.1 Å². The first-order valence-electron chi connectivity index (χ1n) is 4.42. The van der Waals surface area contributed by atoms with E-state index in [0.29, 0.717) is 13.0 Å². The Kier molecular flexibility index (Phi) is 4.42. The Morgan fingerprint density at radius 2 is 2.33 bits per heavy atom. The van der Waals surface area contributed by atoms with Crippen molar-refractivity contribution in [3.05, 3.63) is 28.2 Å². The Hall–Kier alpha value is -1.23. The summed E-state index contributed by atoms with van der Waals surface area (Å²) < 4.78 is 6.02. The molecular weight excluding hydrogens is 262 g/mol. The topological polar surface area (TPSA) is 58.6 Å². The zero-order chi connectivity index (χ0) is 11.3. The van der Waals surface area contributed by atoms with Crippen LogP contribution in [0.1, 0.15) is 5.56 Å². The van der Waals surface area contributed by atoms with Crippen LogP contribution in [0.2, 0.25) is 0 Å². The number of rotatable bonds is 4. The summed E-state index contributed by atoms with van der Waals surface area (Å²) in [5, 5.41) is 10.7. The van der Waals surface area contributed by atoms with E-state index in [0.717, 1.165) is 15.8 Å². The van der Waals surface area contributed by atoms with Gasteiger partial charge in [-0.15, -0.1) is 0 Å². The number of hydrogen-bond acceptors (Lipinski definition) is 2. The van der Waals surface area contributed by atoms with E-state index in [1.165, 1.54) is 0 Å². The van der Waals surface area contributed by atoms with E-state index < -0.39 is 6.09 Å². The highest BCUT2D eigenvalue weighted by Crippen LogP contribution is 2.25. The van der Waals surface area contributed by atoms with Crippen molar-refractivity contribution in [1.29, 1.82) is 0 Å². The number of carboxylic acid groups (broad SMARTS) is 1. The van der Waals surface area contributed by atoms with E-state index in [1.54, 1.807) is 7.11 Å². The van der Waals surface area contributed by atoms with Crippen molar-refractivity contribution in [3.63, 3.8) is 0 Å². The summed E-state index contributed by atoms with van der Waals surface area (Å²) in [6, 6.07) is 5.69. The molecule has 4 nitrogen and oxygen atoms in total. The second-order valence-electron chi connectivity index (χ2n) is 2.95. The molecule has 0 spiro atoms. The monoisotopic (exact) mass is 273 g/mol. The molecule has 1 aromatic carbocycles. The van der Waals surface area contributed by atoms with Gasteiger partial charge in [-0.25, -0.2) is 4.79 Å². The van der Waals surface area contributed by atoms with Gasteiger partial charge >= 0.3 is 6.09 Å². The minimum Gasteiger partial charge on any atom is -0.496 e. The van der Waals surface area contributed by atoms with E-state index in [9.17, 15) is 4.79 Å². The Labute approximate surface area is 96.4 Å². The van der Waals surface area contributed by atoms with Gasteiger partial charge < -0.3 is 15.2 Å². The summed E-state index contributed by atoms with van der Waals surface area (Å²) in [5.74, 6) is 0.753. The van der Waals surface area contributed by atoms with Crippen LogP contribution in [0, 0.1) is 0 Å². The molecule has 1 rings (SSSR count). The van der Waals surface area contributed by atoms with Gasteiger partial charge in [0.15, 0.2) is 0 Å². The molecule has 0 heterocycles. The standard InChI is InChI=1S/C10H12BrNO3/c1-15-9-6-7(2-3-8(9)11)4-5-12-10(13)14/h2-3,6,12H,4-5H2,1H3,(H,13,14). The van der Waals surface area contributed by atoms with Crippen molar-refractivity contribution in [2.24, 2.45) is 0 Å². The van der Waals surface area contributed by atoms with Gasteiger partial charge in [-0.2, -0.15) is 0 Å². The average Bonchev–Trinajstić information content (AvgIpc) is 2.20. The number of methoxy groups -OCH3 is 1. The molecule has 15 heavy (non-hydrogen) atoms. The number of nitrogens with one attached hydrogen (secondary N) is 1. The predicted octanol–water partition coefficient (Wildman–Crippen LogP) is 2.27. The average molecular weight is 274 g/mol. The molecule has 0 aliphatic rings. The largest absolute Gasteiger partial charge is 0.496 e. The molecule has 0 aliphatic heterocycles. The van der Waals surface area contributed by atoms with E-state index in [1.807, 2.05) is 18.2 Å². The Bertz CT molecular complexity index is 355. The normalized spacial score (nSPS) is 9.73. The summed E-state index contributed by atoms with van der Waals surface area (Å²) in [6.45, 7) is 0.403. The fourth-order valence-electron chi connectivity index (χ4n) is 1.17. The number of benzene rings is 1. The fraction of sp³-hybridized carbons (Fsp3) is 0.300. The molecular formula is C10H12BrNO3. The van der Waals surface area contributed by atoms with Crippen LogP contribution in [0.5, 0.6) is 5.75 Å². The number of ether oxygens (including phenoxy) is 1. The highest BCUT2D eigenvalue weighted by molar-refractivity contribution is 9.10. The molecule has 5 heteroatoms. The van der Waals surface area contributed by atoms with Crippen LogP contribution in [0.3, 0.4) is 0 Å². The van der Waals surface area contributed by atoms with Crippen molar-refractivity contribution >= 4 is 22.0 Å². The number of amides is 1. The van der Waals surface area contributed by atoms with Crippen molar-refractivity contribution in [2.45, 2.75) is 6.42 Å². The second kappa shape index (κ2) is 5.60. The van der Waals surface area contributed by atoms with Crippen molar-refractivity contribution in [1.82, 2.24) is 5.32 Å². The predicted molar refractivity (Wildman–Crippen MR) is 60.4 cm³/mol. The van der Waals surface area contributed by atoms with Crippen molar-refractivity contribution in [2.75, 3.05) is 13.7 Å². The summed E-state index contributed by atoms with van der Waals surface area (Å²) in [4.78, 5) is 10.2. The third-order valence-corrected chi connectivity index (χ3v) is 2.56. The second-order valence-corrected chi connectivity index (χ2v) is 3.81. The minimum atomic E-state index is -1.00. The summed E-state index contributed by atoms with van der Waals surface area (Å²) in [5.41, 5.74) is 1.03. The van der Waals surface area contributed by atoms with Crippen molar-refractivity contribution in [3.8, 4) is 5.75 Å². The van der Waals surface area contributed by atoms with Crippen LogP contribution in [-0.4, -0.2) is 24.9 Å². The molecule has 0 radical (unpaired) electrons. The van der Waals surface area contributed by atoms with Gasteiger partial charge in [-0.1, -0.05) is 6.07 Å². The molecule has 0 aliphatic carbocycles. The van der Waals surface area contributed by atoms with Crippen LogP contribution in [0.15, 0.2) is 22.7 Å². The highest BCUT2D eigenvalue weighted by atomic mass is 79.9. The zero-order valence-electron chi connectivity index (χ0n) is 8.29. The summed E-state index contributed by atoms with van der Waals surface area (Å²) >= 11 is 3.35. The molecule has 82 valence electrons. The molecule has 0 fully saturated rings. The van der Waals surface area contributed by atoms with Crippen LogP contribution >= 0.6 is 15.9 Å². The van der Waals surface area contributed by atoms with E-state index in [4.69, 9.17) is 9.84 Å². The molecule has 0 bridgehead atoms. The third kappa shape index (κ3) is 3.79. The first-order chi connectivity index (χ1) is 7.13. The van der Waals surface area contributed by atoms with Gasteiger partial charge in [0.2, 0.25) is 0 Å². The molecule has 0 atom stereocenters. The van der Waals surface area contributed by atoms with Gasteiger partial charge in [0.25, 0.3) is 0 Å².